The number of hydrogen-bond acceptors (Lipinski definition) is 4. The number of rotatable bonds is 4. The van der Waals surface area contributed by atoms with Crippen LogP contribution in [0.2, 0.25) is 0 Å². The van der Waals surface area contributed by atoms with E-state index in [1.807, 2.05) is 65.7 Å². The van der Waals surface area contributed by atoms with Gasteiger partial charge in [-0.05, 0) is 18.1 Å². The van der Waals surface area contributed by atoms with Crippen molar-refractivity contribution in [2.24, 2.45) is 0 Å². The number of carbonyl (C=O) groups excluding carboxylic acids is 2. The van der Waals surface area contributed by atoms with Gasteiger partial charge in [-0.15, -0.1) is 0 Å². The predicted octanol–water partition coefficient (Wildman–Crippen LogP) is 3.38. The van der Waals surface area contributed by atoms with E-state index in [2.05, 4.69) is 0 Å². The molecule has 0 bridgehead atoms. The Bertz CT molecular complexity index is 848. The van der Waals surface area contributed by atoms with Gasteiger partial charge in [0.1, 0.15) is 0 Å². The maximum atomic E-state index is 12.6. The van der Waals surface area contributed by atoms with Crippen molar-refractivity contribution in [2.45, 2.75) is 25.4 Å². The molecule has 0 unspecified atom stereocenters. The maximum Gasteiger partial charge on any atom is 0.337 e. The molecule has 1 amide bonds. The number of ether oxygens (including phenoxy) is 1. The van der Waals surface area contributed by atoms with Gasteiger partial charge in [0.25, 0.3) is 0 Å². The summed E-state index contributed by atoms with van der Waals surface area (Å²) in [6.45, 7) is 2.08. The number of carbonyl (C=O) groups is 2. The van der Waals surface area contributed by atoms with Gasteiger partial charge in [-0.25, -0.2) is 9.80 Å². The third kappa shape index (κ3) is 2.70. The minimum atomic E-state index is -0.379. The Morgan fingerprint density at radius 3 is 2.27 bits per heavy atom. The van der Waals surface area contributed by atoms with E-state index in [1.54, 1.807) is 18.1 Å². The molecule has 0 radical (unpaired) electrons. The van der Waals surface area contributed by atoms with Crippen molar-refractivity contribution in [1.82, 2.24) is 10.0 Å². The van der Waals surface area contributed by atoms with Crippen molar-refractivity contribution in [3.8, 4) is 0 Å². The van der Waals surface area contributed by atoms with Gasteiger partial charge in [-0.1, -0.05) is 60.7 Å². The molecule has 4 rings (SSSR count). The van der Waals surface area contributed by atoms with E-state index in [-0.39, 0.29) is 24.0 Å². The summed E-state index contributed by atoms with van der Waals surface area (Å²) in [6.07, 6.45) is 2.03. The summed E-state index contributed by atoms with van der Waals surface area (Å²) >= 11 is 0. The van der Waals surface area contributed by atoms with Crippen LogP contribution in [0, 0.1) is 0 Å². The summed E-state index contributed by atoms with van der Waals surface area (Å²) in [5, 5.41) is 3.58. The molecule has 5 nitrogen and oxygen atoms in total. The van der Waals surface area contributed by atoms with Gasteiger partial charge in [0.05, 0.1) is 30.7 Å². The zero-order valence-corrected chi connectivity index (χ0v) is 14.5. The SMILES string of the molecule is CCOC(=O)C1=CN2C(=O)C[C@H](c3ccccc3)N2[C@@H]1c1ccccc1. The van der Waals surface area contributed by atoms with Crippen molar-refractivity contribution in [2.75, 3.05) is 6.61 Å². The van der Waals surface area contributed by atoms with Crippen LogP contribution in [0.4, 0.5) is 0 Å². The summed E-state index contributed by atoms with van der Waals surface area (Å²) in [6, 6.07) is 19.3. The topological polar surface area (TPSA) is 49.9 Å². The molecular weight excluding hydrogens is 328 g/mol. The van der Waals surface area contributed by atoms with Crippen molar-refractivity contribution in [3.05, 3.63) is 83.6 Å². The number of fused-ring (bicyclic) bond motifs is 1. The Morgan fingerprint density at radius 1 is 1.04 bits per heavy atom. The first-order valence-corrected chi connectivity index (χ1v) is 8.79. The number of esters is 1. The molecular formula is C21H20N2O3. The number of hydrogen-bond donors (Lipinski definition) is 0. The first-order valence-electron chi connectivity index (χ1n) is 8.79. The third-order valence-corrected chi connectivity index (χ3v) is 4.82. The second-order valence-corrected chi connectivity index (χ2v) is 6.37. The fourth-order valence-corrected chi connectivity index (χ4v) is 3.71. The lowest BCUT2D eigenvalue weighted by atomic mass is 9.96. The second-order valence-electron chi connectivity index (χ2n) is 6.37. The summed E-state index contributed by atoms with van der Waals surface area (Å²) in [4.78, 5) is 25.2. The van der Waals surface area contributed by atoms with Gasteiger partial charge < -0.3 is 4.74 Å². The monoisotopic (exact) mass is 348 g/mol. The van der Waals surface area contributed by atoms with E-state index < -0.39 is 0 Å². The van der Waals surface area contributed by atoms with Crippen molar-refractivity contribution in [1.29, 1.82) is 0 Å². The van der Waals surface area contributed by atoms with Crippen molar-refractivity contribution >= 4 is 11.9 Å². The van der Waals surface area contributed by atoms with E-state index in [1.165, 1.54) is 0 Å². The molecule has 5 heteroatoms. The summed E-state index contributed by atoms with van der Waals surface area (Å²) in [5.41, 5.74) is 2.51. The molecule has 0 N–H and O–H groups in total. The van der Waals surface area contributed by atoms with Crippen LogP contribution in [0.25, 0.3) is 0 Å². The van der Waals surface area contributed by atoms with Gasteiger partial charge in [0.15, 0.2) is 0 Å². The summed E-state index contributed by atoms with van der Waals surface area (Å²) < 4.78 is 5.25. The lowest BCUT2D eigenvalue weighted by molar-refractivity contribution is -0.140. The number of benzene rings is 2. The lowest BCUT2D eigenvalue weighted by Gasteiger charge is -2.32. The number of hydrazine groups is 1. The van der Waals surface area contributed by atoms with Crippen LogP contribution in [0.5, 0.6) is 0 Å². The normalized spacial score (nSPS) is 22.3. The first-order chi connectivity index (χ1) is 12.7. The van der Waals surface area contributed by atoms with Gasteiger partial charge >= 0.3 is 5.97 Å². The molecule has 1 saturated heterocycles. The standard InChI is InChI=1S/C21H20N2O3/c1-2-26-21(25)17-14-22-19(24)13-18(15-9-5-3-6-10-15)23(22)20(17)16-11-7-4-8-12-16/h3-12,14,18,20H,2,13H2,1H3/t18-,20-/m1/s1. The molecule has 2 aliphatic heterocycles. The highest BCUT2D eigenvalue weighted by Crippen LogP contribution is 2.47. The highest BCUT2D eigenvalue weighted by molar-refractivity contribution is 5.93. The van der Waals surface area contributed by atoms with E-state index in [9.17, 15) is 9.59 Å². The van der Waals surface area contributed by atoms with Crippen LogP contribution in [-0.2, 0) is 14.3 Å². The molecule has 2 aromatic carbocycles. The van der Waals surface area contributed by atoms with Crippen LogP contribution >= 0.6 is 0 Å². The van der Waals surface area contributed by atoms with Crippen molar-refractivity contribution in [3.63, 3.8) is 0 Å². The largest absolute Gasteiger partial charge is 0.463 e. The molecule has 2 aliphatic rings. The molecule has 26 heavy (non-hydrogen) atoms. The van der Waals surface area contributed by atoms with Crippen LogP contribution in [0.3, 0.4) is 0 Å². The van der Waals surface area contributed by atoms with E-state index in [4.69, 9.17) is 4.74 Å². The maximum absolute atomic E-state index is 12.6. The van der Waals surface area contributed by atoms with E-state index in [0.717, 1.165) is 11.1 Å². The Hall–Kier alpha value is -2.92. The fraction of sp³-hybridized carbons (Fsp3) is 0.238. The smallest absolute Gasteiger partial charge is 0.337 e. The first kappa shape index (κ1) is 16.5. The van der Waals surface area contributed by atoms with Crippen LogP contribution in [-0.4, -0.2) is 28.5 Å². The second kappa shape index (κ2) is 6.77. The predicted molar refractivity (Wildman–Crippen MR) is 96.4 cm³/mol. The third-order valence-electron chi connectivity index (χ3n) is 4.82. The van der Waals surface area contributed by atoms with Crippen molar-refractivity contribution < 1.29 is 14.3 Å². The van der Waals surface area contributed by atoms with Gasteiger partial charge in [-0.3, -0.25) is 4.79 Å². The Kier molecular flexibility index (Phi) is 4.31. The van der Waals surface area contributed by atoms with E-state index in [0.29, 0.717) is 18.6 Å². The molecule has 2 atom stereocenters. The van der Waals surface area contributed by atoms with Crippen LogP contribution in [0.1, 0.15) is 36.6 Å². The number of nitrogens with zero attached hydrogens (tertiary/aromatic N) is 2. The fourth-order valence-electron chi connectivity index (χ4n) is 3.71. The lowest BCUT2D eigenvalue weighted by Crippen LogP contribution is -2.35. The zero-order valence-electron chi connectivity index (χ0n) is 14.5. The number of amides is 1. The summed E-state index contributed by atoms with van der Waals surface area (Å²) in [5.74, 6) is -0.394. The molecule has 0 spiro atoms. The van der Waals surface area contributed by atoms with Crippen LogP contribution < -0.4 is 0 Å². The average Bonchev–Trinajstić information content (AvgIpc) is 3.21. The molecule has 0 aromatic heterocycles. The Labute approximate surface area is 152 Å². The average molecular weight is 348 g/mol. The Balaban J connectivity index is 1.79. The quantitative estimate of drug-likeness (QED) is 0.795. The highest BCUT2D eigenvalue weighted by Gasteiger charge is 2.49. The van der Waals surface area contributed by atoms with Gasteiger partial charge in [0.2, 0.25) is 5.91 Å². The Morgan fingerprint density at radius 2 is 1.65 bits per heavy atom. The highest BCUT2D eigenvalue weighted by atomic mass is 16.5. The van der Waals surface area contributed by atoms with E-state index >= 15 is 0 Å². The van der Waals surface area contributed by atoms with Gasteiger partial charge in [0, 0.05) is 6.20 Å². The summed E-state index contributed by atoms with van der Waals surface area (Å²) in [7, 11) is 0. The minimum absolute atomic E-state index is 0.0147. The molecule has 2 heterocycles. The van der Waals surface area contributed by atoms with Gasteiger partial charge in [-0.2, -0.15) is 5.01 Å². The molecule has 0 saturated carbocycles. The molecule has 132 valence electrons. The molecule has 0 aliphatic carbocycles. The molecule has 2 aromatic rings. The molecule has 1 fully saturated rings. The minimum Gasteiger partial charge on any atom is -0.463 e. The van der Waals surface area contributed by atoms with Crippen LogP contribution in [0.15, 0.2) is 72.4 Å². The zero-order chi connectivity index (χ0) is 18.1.